The zero-order valence-corrected chi connectivity index (χ0v) is 12.4. The predicted molar refractivity (Wildman–Crippen MR) is 75.8 cm³/mol. The Morgan fingerprint density at radius 2 is 2.18 bits per heavy atom. The summed E-state index contributed by atoms with van der Waals surface area (Å²) in [6.45, 7) is 1.99. The van der Waals surface area contributed by atoms with Gasteiger partial charge in [0.15, 0.2) is 0 Å². The van der Waals surface area contributed by atoms with Crippen LogP contribution in [0.15, 0.2) is 30.3 Å². The summed E-state index contributed by atoms with van der Waals surface area (Å²) >= 11 is 11.2. The molecule has 1 unspecified atom stereocenters. The van der Waals surface area contributed by atoms with Gasteiger partial charge in [-0.2, -0.15) is 0 Å². The van der Waals surface area contributed by atoms with Crippen LogP contribution in [0.1, 0.15) is 20.8 Å². The summed E-state index contributed by atoms with van der Waals surface area (Å²) in [7, 11) is 0. The van der Waals surface area contributed by atoms with Crippen LogP contribution in [0, 0.1) is 12.7 Å². The lowest BCUT2D eigenvalue weighted by molar-refractivity contribution is 0.625. The van der Waals surface area contributed by atoms with E-state index in [2.05, 4.69) is 22.0 Å². The third kappa shape index (κ3) is 3.30. The van der Waals surface area contributed by atoms with Crippen LogP contribution in [0.25, 0.3) is 0 Å². The number of halogens is 3. The van der Waals surface area contributed by atoms with Crippen molar-refractivity contribution in [3.05, 3.63) is 56.5 Å². The van der Waals surface area contributed by atoms with Gasteiger partial charge in [0.05, 0.1) is 9.16 Å². The maximum Gasteiger partial charge on any atom is 0.123 e. The smallest absolute Gasteiger partial charge is 0.123 e. The van der Waals surface area contributed by atoms with Crippen molar-refractivity contribution < 1.29 is 4.39 Å². The van der Waals surface area contributed by atoms with Crippen LogP contribution in [0.3, 0.4) is 0 Å². The lowest BCUT2D eigenvalue weighted by Gasteiger charge is -2.07. The molecule has 1 aromatic heterocycles. The van der Waals surface area contributed by atoms with E-state index in [1.54, 1.807) is 23.5 Å². The van der Waals surface area contributed by atoms with Crippen molar-refractivity contribution in [1.82, 2.24) is 0 Å². The second-order valence-corrected chi connectivity index (χ2v) is 6.70. The number of rotatable bonds is 3. The van der Waals surface area contributed by atoms with Crippen molar-refractivity contribution in [1.29, 1.82) is 0 Å². The number of benzene rings is 1. The Balaban J connectivity index is 2.14. The second kappa shape index (κ2) is 5.51. The Morgan fingerprint density at radius 3 is 2.76 bits per heavy atom. The second-order valence-electron chi connectivity index (χ2n) is 3.91. The first-order chi connectivity index (χ1) is 8.06. The third-order valence-corrected chi connectivity index (χ3v) is 5.28. The Kier molecular flexibility index (Phi) is 4.23. The molecule has 0 bridgehead atoms. The fraction of sp³-hybridized carbons (Fsp3) is 0.231. The summed E-state index contributed by atoms with van der Waals surface area (Å²) in [5.74, 6) is -0.192. The Hall–Kier alpha value is -0.380. The van der Waals surface area contributed by atoms with Gasteiger partial charge >= 0.3 is 0 Å². The van der Waals surface area contributed by atoms with Crippen molar-refractivity contribution in [2.75, 3.05) is 0 Å². The van der Waals surface area contributed by atoms with Gasteiger partial charge in [-0.1, -0.05) is 39.7 Å². The van der Waals surface area contributed by atoms with E-state index in [1.165, 1.54) is 10.9 Å². The molecule has 0 nitrogen and oxygen atoms in total. The molecular formula is C13H11BrClFS. The van der Waals surface area contributed by atoms with Crippen molar-refractivity contribution in [3.63, 3.8) is 0 Å². The maximum absolute atomic E-state index is 13.1. The van der Waals surface area contributed by atoms with E-state index in [9.17, 15) is 4.39 Å². The monoisotopic (exact) mass is 332 g/mol. The molecule has 0 radical (unpaired) electrons. The average molecular weight is 334 g/mol. The van der Waals surface area contributed by atoms with Crippen LogP contribution in [-0.4, -0.2) is 0 Å². The number of aryl methyl sites for hydroxylation is 1. The van der Waals surface area contributed by atoms with Crippen molar-refractivity contribution >= 4 is 38.9 Å². The largest absolute Gasteiger partial charge is 0.207 e. The zero-order valence-electron chi connectivity index (χ0n) is 9.21. The highest BCUT2D eigenvalue weighted by atomic mass is 79.9. The van der Waals surface area contributed by atoms with E-state index in [-0.39, 0.29) is 10.6 Å². The fourth-order valence-corrected chi connectivity index (χ4v) is 3.59. The third-order valence-electron chi connectivity index (χ3n) is 2.49. The SMILES string of the molecule is Cc1cc(C(Br)Cc2cccc(F)c2)sc1Cl. The van der Waals surface area contributed by atoms with E-state index >= 15 is 0 Å². The number of hydrogen-bond acceptors (Lipinski definition) is 1. The van der Waals surface area contributed by atoms with Gasteiger partial charge in [0, 0.05) is 4.88 Å². The molecule has 1 aromatic carbocycles. The molecule has 0 amide bonds. The van der Waals surface area contributed by atoms with E-state index in [1.807, 2.05) is 13.0 Å². The van der Waals surface area contributed by atoms with Crippen molar-refractivity contribution in [2.45, 2.75) is 18.2 Å². The molecule has 0 spiro atoms. The maximum atomic E-state index is 13.1. The van der Waals surface area contributed by atoms with Gasteiger partial charge in [0.25, 0.3) is 0 Å². The number of hydrogen-bond donors (Lipinski definition) is 0. The van der Waals surface area contributed by atoms with Crippen LogP contribution < -0.4 is 0 Å². The molecule has 0 N–H and O–H groups in total. The molecule has 0 aliphatic heterocycles. The highest BCUT2D eigenvalue weighted by molar-refractivity contribution is 9.09. The first-order valence-electron chi connectivity index (χ1n) is 5.20. The highest BCUT2D eigenvalue weighted by Crippen LogP contribution is 2.36. The lowest BCUT2D eigenvalue weighted by Crippen LogP contribution is -1.93. The van der Waals surface area contributed by atoms with Crippen LogP contribution in [0.2, 0.25) is 4.34 Å². The standard InChI is InChI=1S/C13H11BrClFS/c1-8-5-12(17-13(8)15)11(14)7-9-3-2-4-10(16)6-9/h2-6,11H,7H2,1H3. The minimum absolute atomic E-state index is 0.181. The quantitative estimate of drug-likeness (QED) is 0.648. The first-order valence-corrected chi connectivity index (χ1v) is 7.31. The zero-order chi connectivity index (χ0) is 12.4. The van der Waals surface area contributed by atoms with Gasteiger partial charge in [-0.05, 0) is 42.7 Å². The fourth-order valence-electron chi connectivity index (χ4n) is 1.61. The average Bonchev–Trinajstić information content (AvgIpc) is 2.59. The van der Waals surface area contributed by atoms with Crippen LogP contribution in [0.5, 0.6) is 0 Å². The van der Waals surface area contributed by atoms with Crippen LogP contribution >= 0.6 is 38.9 Å². The highest BCUT2D eigenvalue weighted by Gasteiger charge is 2.13. The van der Waals surface area contributed by atoms with E-state index < -0.39 is 0 Å². The van der Waals surface area contributed by atoms with E-state index in [0.29, 0.717) is 0 Å². The molecule has 90 valence electrons. The van der Waals surface area contributed by atoms with Crippen LogP contribution in [-0.2, 0) is 6.42 Å². The summed E-state index contributed by atoms with van der Waals surface area (Å²) in [5.41, 5.74) is 2.07. The van der Waals surface area contributed by atoms with Gasteiger partial charge in [0.2, 0.25) is 0 Å². The molecular weight excluding hydrogens is 323 g/mol. The molecule has 2 rings (SSSR count). The van der Waals surface area contributed by atoms with Gasteiger partial charge < -0.3 is 0 Å². The van der Waals surface area contributed by atoms with Gasteiger partial charge in [-0.15, -0.1) is 11.3 Å². The molecule has 1 heterocycles. The summed E-state index contributed by atoms with van der Waals surface area (Å²) in [6.07, 6.45) is 0.758. The van der Waals surface area contributed by atoms with Crippen LogP contribution in [0.4, 0.5) is 4.39 Å². The molecule has 0 fully saturated rings. The molecule has 0 aliphatic carbocycles. The normalized spacial score (nSPS) is 12.7. The summed E-state index contributed by atoms with van der Waals surface area (Å²) in [5, 5.41) is 0. The number of thiophene rings is 1. The topological polar surface area (TPSA) is 0 Å². The van der Waals surface area contributed by atoms with Crippen molar-refractivity contribution in [3.8, 4) is 0 Å². The Bertz CT molecular complexity index is 504. The molecule has 0 aliphatic rings. The Morgan fingerprint density at radius 1 is 1.41 bits per heavy atom. The van der Waals surface area contributed by atoms with Gasteiger partial charge in [-0.3, -0.25) is 0 Å². The lowest BCUT2D eigenvalue weighted by atomic mass is 10.1. The Labute approximate surface area is 118 Å². The van der Waals surface area contributed by atoms with Gasteiger partial charge in [-0.25, -0.2) is 4.39 Å². The van der Waals surface area contributed by atoms with E-state index in [0.717, 1.165) is 21.9 Å². The predicted octanol–water partition coefficient (Wildman–Crippen LogP) is 5.53. The summed E-state index contributed by atoms with van der Waals surface area (Å²) in [6, 6.07) is 8.76. The molecule has 1 atom stereocenters. The molecule has 0 saturated heterocycles. The van der Waals surface area contributed by atoms with Gasteiger partial charge in [0.1, 0.15) is 5.82 Å². The summed E-state index contributed by atoms with van der Waals surface area (Å²) < 4.78 is 13.9. The molecule has 4 heteroatoms. The summed E-state index contributed by atoms with van der Waals surface area (Å²) in [4.78, 5) is 1.36. The number of alkyl halides is 1. The van der Waals surface area contributed by atoms with E-state index in [4.69, 9.17) is 11.6 Å². The first kappa shape index (κ1) is 13.1. The minimum Gasteiger partial charge on any atom is -0.207 e. The molecule has 2 aromatic rings. The van der Waals surface area contributed by atoms with Crippen molar-refractivity contribution in [2.24, 2.45) is 0 Å². The minimum atomic E-state index is -0.192. The molecule has 17 heavy (non-hydrogen) atoms. The molecule has 0 saturated carbocycles.